The van der Waals surface area contributed by atoms with Gasteiger partial charge in [-0.25, -0.2) is 4.98 Å². The average molecular weight is 412 g/mol. The summed E-state index contributed by atoms with van der Waals surface area (Å²) in [5.41, 5.74) is 11.4. The maximum Gasteiger partial charge on any atom is 0.221 e. The summed E-state index contributed by atoms with van der Waals surface area (Å²) in [5, 5.41) is 5.78. The molecule has 0 aliphatic rings. The van der Waals surface area contributed by atoms with E-state index in [-0.39, 0.29) is 5.95 Å². The van der Waals surface area contributed by atoms with Gasteiger partial charge in [0.2, 0.25) is 5.95 Å². The molecule has 0 bridgehead atoms. The van der Waals surface area contributed by atoms with Gasteiger partial charge < -0.3 is 25.3 Å². The Labute approximate surface area is 179 Å². The quantitative estimate of drug-likeness (QED) is 0.380. The number of rotatable bonds is 6. The van der Waals surface area contributed by atoms with Crippen LogP contribution in [0, 0.1) is 0 Å². The van der Waals surface area contributed by atoms with Gasteiger partial charge in [-0.3, -0.25) is 0 Å². The van der Waals surface area contributed by atoms with Gasteiger partial charge in [0.15, 0.2) is 0 Å². The van der Waals surface area contributed by atoms with Crippen LogP contribution in [0.2, 0.25) is 0 Å². The molecule has 7 nitrogen and oxygen atoms in total. The first-order chi connectivity index (χ1) is 15.1. The van der Waals surface area contributed by atoms with Gasteiger partial charge in [0.25, 0.3) is 0 Å². The molecule has 156 valence electrons. The lowest BCUT2D eigenvalue weighted by molar-refractivity contribution is 0.415. The van der Waals surface area contributed by atoms with E-state index in [0.29, 0.717) is 0 Å². The molecule has 31 heavy (non-hydrogen) atoms. The number of nitrogen functional groups attached to an aromatic ring is 1. The Morgan fingerprint density at radius 2 is 1.97 bits per heavy atom. The average Bonchev–Trinajstić information content (AvgIpc) is 3.37. The molecule has 0 spiro atoms. The van der Waals surface area contributed by atoms with E-state index in [1.54, 1.807) is 7.11 Å². The second kappa shape index (κ2) is 7.68. The number of nitrogens with one attached hydrogen (secondary N) is 2. The first-order valence-corrected chi connectivity index (χ1v) is 10.2. The summed E-state index contributed by atoms with van der Waals surface area (Å²) in [5.74, 6) is 1.84. The van der Waals surface area contributed by atoms with Crippen molar-refractivity contribution in [1.82, 2.24) is 19.5 Å². The SMILES string of the molecule is COc1ccc2[nH]cc(CCc3cnc(N)nc3Nc3cccc4c3ccn4C)c2c1. The Bertz CT molecular complexity index is 1380. The number of fused-ring (bicyclic) bond motifs is 2. The van der Waals surface area contributed by atoms with Gasteiger partial charge in [0.1, 0.15) is 11.6 Å². The first kappa shape index (κ1) is 19.0. The number of aryl methyl sites for hydroxylation is 3. The number of nitrogens with zero attached hydrogens (tertiary/aromatic N) is 3. The van der Waals surface area contributed by atoms with Crippen LogP contribution in [0.3, 0.4) is 0 Å². The minimum Gasteiger partial charge on any atom is -0.497 e. The minimum absolute atomic E-state index is 0.253. The lowest BCUT2D eigenvalue weighted by atomic mass is 10.0. The lowest BCUT2D eigenvalue weighted by Crippen LogP contribution is -2.05. The normalized spacial score (nSPS) is 11.3. The molecule has 0 fully saturated rings. The number of benzene rings is 2. The summed E-state index contributed by atoms with van der Waals surface area (Å²) in [7, 11) is 3.72. The van der Waals surface area contributed by atoms with Crippen molar-refractivity contribution < 1.29 is 4.74 Å². The molecular formula is C24H24N6O. The van der Waals surface area contributed by atoms with E-state index in [1.807, 2.05) is 31.4 Å². The summed E-state index contributed by atoms with van der Waals surface area (Å²) >= 11 is 0. The fourth-order valence-corrected chi connectivity index (χ4v) is 4.01. The number of anilines is 3. The van der Waals surface area contributed by atoms with E-state index in [2.05, 4.69) is 61.5 Å². The van der Waals surface area contributed by atoms with Crippen LogP contribution in [0.4, 0.5) is 17.5 Å². The third-order valence-corrected chi connectivity index (χ3v) is 5.70. The highest BCUT2D eigenvalue weighted by molar-refractivity contribution is 5.94. The fraction of sp³-hybridized carbons (Fsp3) is 0.167. The Kier molecular flexibility index (Phi) is 4.71. The molecule has 0 unspecified atom stereocenters. The molecule has 0 atom stereocenters. The van der Waals surface area contributed by atoms with Crippen molar-refractivity contribution in [1.29, 1.82) is 0 Å². The number of hydrogen-bond donors (Lipinski definition) is 3. The number of nitrogens with two attached hydrogens (primary N) is 1. The Morgan fingerprint density at radius 3 is 2.84 bits per heavy atom. The van der Waals surface area contributed by atoms with Crippen LogP contribution in [0.15, 0.2) is 61.1 Å². The predicted molar refractivity (Wildman–Crippen MR) is 125 cm³/mol. The third-order valence-electron chi connectivity index (χ3n) is 5.70. The molecule has 5 aromatic rings. The molecule has 2 aromatic carbocycles. The van der Waals surface area contributed by atoms with Gasteiger partial charge in [-0.2, -0.15) is 4.98 Å². The van der Waals surface area contributed by atoms with Crippen LogP contribution < -0.4 is 15.8 Å². The monoisotopic (exact) mass is 412 g/mol. The van der Waals surface area contributed by atoms with E-state index in [1.165, 1.54) is 10.9 Å². The molecule has 3 heterocycles. The van der Waals surface area contributed by atoms with E-state index < -0.39 is 0 Å². The third kappa shape index (κ3) is 3.54. The van der Waals surface area contributed by atoms with Crippen LogP contribution in [0.1, 0.15) is 11.1 Å². The van der Waals surface area contributed by atoms with Crippen LogP contribution in [-0.2, 0) is 19.9 Å². The van der Waals surface area contributed by atoms with Crippen molar-refractivity contribution >= 4 is 39.3 Å². The van der Waals surface area contributed by atoms with E-state index in [0.717, 1.165) is 52.1 Å². The summed E-state index contributed by atoms with van der Waals surface area (Å²) in [6, 6.07) is 14.4. The molecule has 0 saturated heterocycles. The summed E-state index contributed by atoms with van der Waals surface area (Å²) in [6.45, 7) is 0. The topological polar surface area (TPSA) is 93.8 Å². The number of methoxy groups -OCH3 is 1. The molecule has 3 aromatic heterocycles. The molecule has 4 N–H and O–H groups in total. The standard InChI is InChI=1S/C24H24N6O/c1-30-11-10-18-21(4-3-5-22(18)30)28-23-16(14-27-24(25)29-23)7-6-15-13-26-20-9-8-17(31-2)12-19(15)20/h3-5,8-14,26H,6-7H2,1-2H3,(H3,25,27,28,29). The van der Waals surface area contributed by atoms with Crippen molar-refractivity contribution in [3.63, 3.8) is 0 Å². The van der Waals surface area contributed by atoms with Gasteiger partial charge in [-0.1, -0.05) is 6.07 Å². The van der Waals surface area contributed by atoms with Crippen LogP contribution in [-0.4, -0.2) is 26.6 Å². The van der Waals surface area contributed by atoms with Crippen LogP contribution >= 0.6 is 0 Å². The Balaban J connectivity index is 1.44. The Morgan fingerprint density at radius 1 is 1.10 bits per heavy atom. The van der Waals surface area contributed by atoms with Crippen LogP contribution in [0.25, 0.3) is 21.8 Å². The second-order valence-corrected chi connectivity index (χ2v) is 7.62. The maximum absolute atomic E-state index is 5.91. The number of ether oxygens (including phenoxy) is 1. The molecule has 0 aliphatic heterocycles. The zero-order valence-corrected chi connectivity index (χ0v) is 17.5. The summed E-state index contributed by atoms with van der Waals surface area (Å²) in [6.07, 6.45) is 7.53. The van der Waals surface area contributed by atoms with Gasteiger partial charge in [-0.15, -0.1) is 0 Å². The van der Waals surface area contributed by atoms with Crippen molar-refractivity contribution in [3.8, 4) is 5.75 Å². The van der Waals surface area contributed by atoms with Gasteiger partial charge in [0, 0.05) is 58.7 Å². The highest BCUT2D eigenvalue weighted by Crippen LogP contribution is 2.29. The number of aromatic amines is 1. The highest BCUT2D eigenvalue weighted by Gasteiger charge is 2.12. The Hall–Kier alpha value is -4.00. The van der Waals surface area contributed by atoms with Crippen molar-refractivity contribution in [3.05, 3.63) is 72.2 Å². The van der Waals surface area contributed by atoms with Crippen molar-refractivity contribution in [2.45, 2.75) is 12.8 Å². The fourth-order valence-electron chi connectivity index (χ4n) is 4.01. The highest BCUT2D eigenvalue weighted by atomic mass is 16.5. The van der Waals surface area contributed by atoms with Crippen LogP contribution in [0.5, 0.6) is 5.75 Å². The molecule has 0 saturated carbocycles. The molecule has 5 rings (SSSR count). The summed E-state index contributed by atoms with van der Waals surface area (Å²) < 4.78 is 7.48. The summed E-state index contributed by atoms with van der Waals surface area (Å²) in [4.78, 5) is 12.1. The van der Waals surface area contributed by atoms with E-state index >= 15 is 0 Å². The van der Waals surface area contributed by atoms with E-state index in [4.69, 9.17) is 10.5 Å². The second-order valence-electron chi connectivity index (χ2n) is 7.62. The van der Waals surface area contributed by atoms with Crippen molar-refractivity contribution in [2.24, 2.45) is 7.05 Å². The number of aromatic nitrogens is 4. The number of hydrogen-bond acceptors (Lipinski definition) is 5. The molecule has 0 radical (unpaired) electrons. The molecule has 0 aliphatic carbocycles. The largest absolute Gasteiger partial charge is 0.497 e. The smallest absolute Gasteiger partial charge is 0.221 e. The molecule has 7 heteroatoms. The first-order valence-electron chi connectivity index (χ1n) is 10.2. The van der Waals surface area contributed by atoms with Gasteiger partial charge in [-0.05, 0) is 54.8 Å². The van der Waals surface area contributed by atoms with E-state index in [9.17, 15) is 0 Å². The maximum atomic E-state index is 5.91. The van der Waals surface area contributed by atoms with Crippen molar-refractivity contribution in [2.75, 3.05) is 18.2 Å². The van der Waals surface area contributed by atoms with Gasteiger partial charge in [0.05, 0.1) is 7.11 Å². The zero-order valence-electron chi connectivity index (χ0n) is 17.5. The zero-order chi connectivity index (χ0) is 21.4. The minimum atomic E-state index is 0.253. The molecular weight excluding hydrogens is 388 g/mol. The molecule has 0 amide bonds. The number of H-pyrrole nitrogens is 1. The predicted octanol–water partition coefficient (Wildman–Crippen LogP) is 4.57. The lowest BCUT2D eigenvalue weighted by Gasteiger charge is -2.12. The van der Waals surface area contributed by atoms with Gasteiger partial charge >= 0.3 is 0 Å².